The molecule has 0 aliphatic carbocycles. The molecule has 11 nitrogen and oxygen atoms in total. The fourth-order valence-corrected chi connectivity index (χ4v) is 4.57. The first-order valence-corrected chi connectivity index (χ1v) is 12.6. The van der Waals surface area contributed by atoms with Crippen molar-refractivity contribution in [1.82, 2.24) is 14.3 Å². The monoisotopic (exact) mass is 534 g/mol. The molecular formula is C28H30N4O7. The number of nitrogens with zero attached hydrogens (tertiary/aromatic N) is 3. The molecule has 39 heavy (non-hydrogen) atoms. The lowest BCUT2D eigenvalue weighted by Gasteiger charge is -2.18. The van der Waals surface area contributed by atoms with Crippen molar-refractivity contribution >= 4 is 34.8 Å². The molecular weight excluding hydrogens is 504 g/mol. The predicted octanol–water partition coefficient (Wildman–Crippen LogP) is 4.26. The van der Waals surface area contributed by atoms with Crippen molar-refractivity contribution in [3.63, 3.8) is 0 Å². The van der Waals surface area contributed by atoms with Crippen LogP contribution in [-0.2, 0) is 14.3 Å². The zero-order valence-electron chi connectivity index (χ0n) is 22.7. The number of hydrogen-bond acceptors (Lipinski definition) is 8. The van der Waals surface area contributed by atoms with Crippen LogP contribution in [0.5, 0.6) is 0 Å². The number of anilines is 1. The third kappa shape index (κ3) is 4.95. The SMILES string of the molecule is CCOC(=O)c1c(C)oc(NC(=O)C(C)n2c(=O)cc(C)c3c(C)nn(-c4ccccc4)c32)c1C(=O)OCC. The lowest BCUT2D eigenvalue weighted by molar-refractivity contribution is -0.118. The van der Waals surface area contributed by atoms with Gasteiger partial charge in [-0.3, -0.25) is 19.5 Å². The van der Waals surface area contributed by atoms with Gasteiger partial charge in [0.05, 0.1) is 24.6 Å². The second-order valence-corrected chi connectivity index (χ2v) is 8.91. The van der Waals surface area contributed by atoms with Crippen molar-refractivity contribution < 1.29 is 28.3 Å². The summed E-state index contributed by atoms with van der Waals surface area (Å²) in [6, 6.07) is 9.66. The summed E-state index contributed by atoms with van der Waals surface area (Å²) in [6.07, 6.45) is 0. The van der Waals surface area contributed by atoms with Crippen LogP contribution in [0.4, 0.5) is 5.88 Å². The highest BCUT2D eigenvalue weighted by Gasteiger charge is 2.33. The van der Waals surface area contributed by atoms with Gasteiger partial charge in [-0.2, -0.15) is 5.10 Å². The highest BCUT2D eigenvalue weighted by molar-refractivity contribution is 6.09. The van der Waals surface area contributed by atoms with Gasteiger partial charge < -0.3 is 13.9 Å². The summed E-state index contributed by atoms with van der Waals surface area (Å²) in [6.45, 7) is 10.0. The maximum Gasteiger partial charge on any atom is 0.344 e. The van der Waals surface area contributed by atoms with E-state index in [0.717, 1.165) is 10.9 Å². The molecule has 0 aliphatic rings. The third-order valence-electron chi connectivity index (χ3n) is 6.28. The predicted molar refractivity (Wildman–Crippen MR) is 144 cm³/mol. The second kappa shape index (κ2) is 11.0. The maximum atomic E-state index is 13.6. The van der Waals surface area contributed by atoms with Gasteiger partial charge in [-0.25, -0.2) is 14.3 Å². The molecule has 3 aromatic heterocycles. The molecule has 0 bridgehead atoms. The van der Waals surface area contributed by atoms with Crippen LogP contribution in [0.1, 0.15) is 64.5 Å². The Bertz CT molecular complexity index is 1630. The molecule has 3 heterocycles. The van der Waals surface area contributed by atoms with E-state index in [9.17, 15) is 19.2 Å². The van der Waals surface area contributed by atoms with Gasteiger partial charge in [-0.1, -0.05) is 18.2 Å². The van der Waals surface area contributed by atoms with Crippen molar-refractivity contribution in [1.29, 1.82) is 0 Å². The number of benzene rings is 1. The van der Waals surface area contributed by atoms with E-state index < -0.39 is 29.4 Å². The molecule has 1 amide bonds. The van der Waals surface area contributed by atoms with E-state index in [-0.39, 0.29) is 36.0 Å². The van der Waals surface area contributed by atoms with E-state index >= 15 is 0 Å². The number of para-hydroxylation sites is 1. The van der Waals surface area contributed by atoms with E-state index in [4.69, 9.17) is 13.9 Å². The lowest BCUT2D eigenvalue weighted by Crippen LogP contribution is -2.33. The molecule has 0 saturated carbocycles. The summed E-state index contributed by atoms with van der Waals surface area (Å²) in [7, 11) is 0. The Labute approximate surface area is 224 Å². The van der Waals surface area contributed by atoms with Gasteiger partial charge in [0, 0.05) is 11.5 Å². The number of carbonyl (C=O) groups is 3. The molecule has 0 fully saturated rings. The number of pyridine rings is 1. The molecule has 1 atom stereocenters. The van der Waals surface area contributed by atoms with Crippen LogP contribution >= 0.6 is 0 Å². The molecule has 1 N–H and O–H groups in total. The Morgan fingerprint density at radius 2 is 1.62 bits per heavy atom. The van der Waals surface area contributed by atoms with E-state index in [2.05, 4.69) is 10.4 Å². The minimum atomic E-state index is -1.06. The summed E-state index contributed by atoms with van der Waals surface area (Å²) in [5, 5.41) is 7.97. The smallest absolute Gasteiger partial charge is 0.344 e. The first-order chi connectivity index (χ1) is 18.6. The standard InChI is InChI=1S/C28H30N4O7/c1-7-37-27(35)22-18(6)39-25(23(22)28(36)38-8-2)29-24(34)17(5)31-20(33)14-15(3)21-16(4)30-32(26(21)31)19-12-10-9-11-13-19/h9-14,17H,7-8H2,1-6H3,(H,29,34). The molecule has 204 valence electrons. The van der Waals surface area contributed by atoms with Crippen LogP contribution in [0.25, 0.3) is 16.7 Å². The highest BCUT2D eigenvalue weighted by atomic mass is 16.5. The normalized spacial score (nSPS) is 11.8. The van der Waals surface area contributed by atoms with Crippen LogP contribution in [-0.4, -0.2) is 45.4 Å². The Balaban J connectivity index is 1.83. The molecule has 1 aromatic carbocycles. The fourth-order valence-electron chi connectivity index (χ4n) is 4.57. The summed E-state index contributed by atoms with van der Waals surface area (Å²) in [5.41, 5.74) is 1.79. The minimum Gasteiger partial charge on any atom is -0.462 e. The Hall–Kier alpha value is -4.67. The van der Waals surface area contributed by atoms with E-state index in [1.165, 1.54) is 17.6 Å². The van der Waals surface area contributed by atoms with Gasteiger partial charge in [0.1, 0.15) is 28.6 Å². The number of fused-ring (bicyclic) bond motifs is 1. The van der Waals surface area contributed by atoms with E-state index in [1.807, 2.05) is 44.2 Å². The number of amides is 1. The Morgan fingerprint density at radius 3 is 2.23 bits per heavy atom. The molecule has 0 spiro atoms. The van der Waals surface area contributed by atoms with Crippen LogP contribution in [0.3, 0.4) is 0 Å². The first-order valence-electron chi connectivity index (χ1n) is 12.6. The largest absolute Gasteiger partial charge is 0.462 e. The number of esters is 2. The Kier molecular flexibility index (Phi) is 7.70. The molecule has 4 rings (SSSR count). The number of carbonyl (C=O) groups excluding carboxylic acids is 3. The molecule has 1 unspecified atom stereocenters. The topological polar surface area (TPSA) is 135 Å². The molecule has 4 aromatic rings. The number of aromatic nitrogens is 3. The first kappa shape index (κ1) is 27.4. The number of furan rings is 1. The maximum absolute atomic E-state index is 13.6. The van der Waals surface area contributed by atoms with Gasteiger partial charge >= 0.3 is 11.9 Å². The summed E-state index contributed by atoms with van der Waals surface area (Å²) < 4.78 is 18.8. The number of aryl methyl sites for hydroxylation is 3. The quantitative estimate of drug-likeness (QED) is 0.332. The number of nitrogens with one attached hydrogen (secondary N) is 1. The van der Waals surface area contributed by atoms with E-state index in [1.54, 1.807) is 25.5 Å². The highest BCUT2D eigenvalue weighted by Crippen LogP contribution is 2.31. The third-order valence-corrected chi connectivity index (χ3v) is 6.28. The van der Waals surface area contributed by atoms with Crippen LogP contribution in [0.15, 0.2) is 45.6 Å². The number of rotatable bonds is 8. The summed E-state index contributed by atoms with van der Waals surface area (Å²) >= 11 is 0. The van der Waals surface area contributed by atoms with Crippen molar-refractivity contribution in [2.75, 3.05) is 18.5 Å². The van der Waals surface area contributed by atoms with Crippen molar-refractivity contribution in [2.45, 2.75) is 47.6 Å². The number of ether oxygens (including phenoxy) is 2. The lowest BCUT2D eigenvalue weighted by atomic mass is 10.1. The summed E-state index contributed by atoms with van der Waals surface area (Å²) in [4.78, 5) is 52.3. The van der Waals surface area contributed by atoms with Gasteiger partial charge in [-0.15, -0.1) is 0 Å². The molecule has 0 radical (unpaired) electrons. The van der Waals surface area contributed by atoms with Crippen LogP contribution in [0.2, 0.25) is 0 Å². The van der Waals surface area contributed by atoms with Crippen molar-refractivity contribution in [2.24, 2.45) is 0 Å². The van der Waals surface area contributed by atoms with Gasteiger partial charge in [0.2, 0.25) is 11.8 Å². The van der Waals surface area contributed by atoms with E-state index in [0.29, 0.717) is 17.0 Å². The average molecular weight is 535 g/mol. The van der Waals surface area contributed by atoms with Gasteiger partial charge in [0.25, 0.3) is 5.56 Å². The van der Waals surface area contributed by atoms with Gasteiger partial charge in [-0.05, 0) is 59.2 Å². The fraction of sp³-hybridized carbons (Fsp3) is 0.321. The van der Waals surface area contributed by atoms with Crippen LogP contribution in [0, 0.1) is 20.8 Å². The van der Waals surface area contributed by atoms with Crippen LogP contribution < -0.4 is 10.9 Å². The Morgan fingerprint density at radius 1 is 1.00 bits per heavy atom. The van der Waals surface area contributed by atoms with Crippen molar-refractivity contribution in [3.8, 4) is 5.69 Å². The van der Waals surface area contributed by atoms with Crippen molar-refractivity contribution in [3.05, 3.63) is 74.9 Å². The van der Waals surface area contributed by atoms with Gasteiger partial charge in [0.15, 0.2) is 0 Å². The minimum absolute atomic E-state index is 0.0364. The molecule has 0 saturated heterocycles. The number of hydrogen-bond donors (Lipinski definition) is 1. The zero-order valence-corrected chi connectivity index (χ0v) is 22.7. The second-order valence-electron chi connectivity index (χ2n) is 8.91. The zero-order chi connectivity index (χ0) is 28.4. The summed E-state index contributed by atoms with van der Waals surface area (Å²) in [5.74, 6) is -2.49. The molecule has 11 heteroatoms. The average Bonchev–Trinajstić information content (AvgIpc) is 3.41. The molecule has 0 aliphatic heterocycles.